The SMILES string of the molecule is C[C@H]1CN(C(=O)CN2CCN(S(=O)(=O)c3ccc(Cl)cc3)CC2)C[C@H](C)O1. The van der Waals surface area contributed by atoms with Gasteiger partial charge in [0.1, 0.15) is 0 Å². The minimum atomic E-state index is -3.53. The van der Waals surface area contributed by atoms with Crippen LogP contribution in [0.1, 0.15) is 13.8 Å². The predicted octanol–water partition coefficient (Wildman–Crippen LogP) is 1.28. The molecule has 2 fully saturated rings. The fraction of sp³-hybridized carbons (Fsp3) is 0.611. The Morgan fingerprint density at radius 3 is 2.19 bits per heavy atom. The maximum Gasteiger partial charge on any atom is 0.243 e. The number of piperazine rings is 1. The van der Waals surface area contributed by atoms with Gasteiger partial charge in [0, 0.05) is 44.3 Å². The fourth-order valence-electron chi connectivity index (χ4n) is 3.56. The van der Waals surface area contributed by atoms with Gasteiger partial charge >= 0.3 is 0 Å². The molecule has 2 saturated heterocycles. The molecular formula is C18H26ClN3O4S. The topological polar surface area (TPSA) is 70.2 Å². The van der Waals surface area contributed by atoms with Crippen LogP contribution in [0.3, 0.4) is 0 Å². The van der Waals surface area contributed by atoms with Crippen LogP contribution in [-0.2, 0) is 19.6 Å². The van der Waals surface area contributed by atoms with Crippen molar-refractivity contribution in [1.82, 2.24) is 14.1 Å². The Morgan fingerprint density at radius 1 is 1.07 bits per heavy atom. The Labute approximate surface area is 165 Å². The second-order valence-electron chi connectivity index (χ2n) is 7.19. The first-order chi connectivity index (χ1) is 12.8. The first kappa shape index (κ1) is 20.5. The number of ether oxygens (including phenoxy) is 1. The Hall–Kier alpha value is -1.19. The zero-order chi connectivity index (χ0) is 19.6. The van der Waals surface area contributed by atoms with Crippen LogP contribution in [0.15, 0.2) is 29.2 Å². The van der Waals surface area contributed by atoms with Gasteiger partial charge in [0.15, 0.2) is 0 Å². The van der Waals surface area contributed by atoms with E-state index in [1.54, 1.807) is 12.1 Å². The highest BCUT2D eigenvalue weighted by Crippen LogP contribution is 2.20. The Kier molecular flexibility index (Phi) is 6.43. The maximum absolute atomic E-state index is 12.7. The van der Waals surface area contributed by atoms with Gasteiger partial charge in [-0.2, -0.15) is 4.31 Å². The molecule has 0 aromatic heterocycles. The van der Waals surface area contributed by atoms with Gasteiger partial charge in [-0.05, 0) is 38.1 Å². The number of hydrogen-bond acceptors (Lipinski definition) is 5. The monoisotopic (exact) mass is 415 g/mol. The van der Waals surface area contributed by atoms with E-state index >= 15 is 0 Å². The van der Waals surface area contributed by atoms with Crippen molar-refractivity contribution in [3.8, 4) is 0 Å². The van der Waals surface area contributed by atoms with E-state index in [0.717, 1.165) is 0 Å². The van der Waals surface area contributed by atoms with Crippen LogP contribution in [0, 0.1) is 0 Å². The average Bonchev–Trinajstić information content (AvgIpc) is 2.61. The highest BCUT2D eigenvalue weighted by molar-refractivity contribution is 7.89. The lowest BCUT2D eigenvalue weighted by molar-refractivity contribution is -0.144. The first-order valence-electron chi connectivity index (χ1n) is 9.17. The van der Waals surface area contributed by atoms with Gasteiger partial charge in [-0.15, -0.1) is 0 Å². The smallest absolute Gasteiger partial charge is 0.243 e. The van der Waals surface area contributed by atoms with Crippen molar-refractivity contribution in [3.05, 3.63) is 29.3 Å². The largest absolute Gasteiger partial charge is 0.372 e. The second-order valence-corrected chi connectivity index (χ2v) is 9.56. The third-order valence-corrected chi connectivity index (χ3v) is 7.08. The molecule has 0 spiro atoms. The minimum absolute atomic E-state index is 0.0408. The van der Waals surface area contributed by atoms with Crippen molar-refractivity contribution < 1.29 is 17.9 Å². The van der Waals surface area contributed by atoms with Gasteiger partial charge in [0.05, 0.1) is 23.6 Å². The number of hydrogen-bond donors (Lipinski definition) is 0. The van der Waals surface area contributed by atoms with E-state index < -0.39 is 10.0 Å². The summed E-state index contributed by atoms with van der Waals surface area (Å²) in [4.78, 5) is 16.7. The van der Waals surface area contributed by atoms with Crippen LogP contribution < -0.4 is 0 Å². The van der Waals surface area contributed by atoms with Gasteiger partial charge in [-0.3, -0.25) is 9.69 Å². The van der Waals surface area contributed by atoms with Gasteiger partial charge in [-0.25, -0.2) is 8.42 Å². The lowest BCUT2D eigenvalue weighted by atomic mass is 10.2. The van der Waals surface area contributed by atoms with E-state index in [0.29, 0.717) is 50.8 Å². The molecule has 3 rings (SSSR count). The molecule has 0 radical (unpaired) electrons. The molecule has 0 bridgehead atoms. The highest BCUT2D eigenvalue weighted by Gasteiger charge is 2.31. The zero-order valence-electron chi connectivity index (χ0n) is 15.7. The molecule has 2 aliphatic heterocycles. The molecule has 0 unspecified atom stereocenters. The molecule has 0 N–H and O–H groups in total. The Bertz CT molecular complexity index is 753. The summed E-state index contributed by atoms with van der Waals surface area (Å²) in [6.45, 7) is 7.27. The molecule has 150 valence electrons. The van der Waals surface area contributed by atoms with E-state index in [1.165, 1.54) is 16.4 Å². The Morgan fingerprint density at radius 2 is 1.63 bits per heavy atom. The van der Waals surface area contributed by atoms with Crippen molar-refractivity contribution in [3.63, 3.8) is 0 Å². The number of nitrogens with zero attached hydrogens (tertiary/aromatic N) is 3. The summed E-state index contributed by atoms with van der Waals surface area (Å²) in [7, 11) is -3.53. The molecule has 1 aromatic rings. The quantitative estimate of drug-likeness (QED) is 0.741. The summed E-state index contributed by atoms with van der Waals surface area (Å²) in [5, 5.41) is 0.504. The summed E-state index contributed by atoms with van der Waals surface area (Å²) in [5.74, 6) is 0.0750. The van der Waals surface area contributed by atoms with Gasteiger partial charge in [-0.1, -0.05) is 11.6 Å². The van der Waals surface area contributed by atoms with Crippen LogP contribution in [-0.4, -0.2) is 86.5 Å². The number of amides is 1. The van der Waals surface area contributed by atoms with Crippen LogP contribution in [0.2, 0.25) is 5.02 Å². The van der Waals surface area contributed by atoms with Crippen molar-refractivity contribution in [1.29, 1.82) is 0 Å². The van der Waals surface area contributed by atoms with Crippen molar-refractivity contribution in [2.75, 3.05) is 45.8 Å². The number of carbonyl (C=O) groups is 1. The predicted molar refractivity (Wildman–Crippen MR) is 103 cm³/mol. The molecule has 1 aromatic carbocycles. The molecule has 2 heterocycles. The van der Waals surface area contributed by atoms with Crippen LogP contribution in [0.25, 0.3) is 0 Å². The summed E-state index contributed by atoms with van der Waals surface area (Å²) in [6, 6.07) is 6.20. The van der Waals surface area contributed by atoms with Crippen molar-refractivity contribution in [2.45, 2.75) is 31.0 Å². The summed E-state index contributed by atoms with van der Waals surface area (Å²) in [6.07, 6.45) is 0.0816. The fourth-order valence-corrected chi connectivity index (χ4v) is 5.10. The number of carbonyl (C=O) groups excluding carboxylic acids is 1. The molecular weight excluding hydrogens is 390 g/mol. The van der Waals surface area contributed by atoms with Crippen LogP contribution in [0.5, 0.6) is 0 Å². The maximum atomic E-state index is 12.7. The lowest BCUT2D eigenvalue weighted by Crippen LogP contribution is -2.54. The number of rotatable bonds is 4. The van der Waals surface area contributed by atoms with E-state index in [-0.39, 0.29) is 23.0 Å². The van der Waals surface area contributed by atoms with Crippen LogP contribution in [0.4, 0.5) is 0 Å². The van der Waals surface area contributed by atoms with E-state index in [1.807, 2.05) is 23.6 Å². The van der Waals surface area contributed by atoms with Crippen molar-refractivity contribution >= 4 is 27.5 Å². The van der Waals surface area contributed by atoms with E-state index in [2.05, 4.69) is 0 Å². The molecule has 2 aliphatic rings. The molecule has 2 atom stereocenters. The second kappa shape index (κ2) is 8.45. The third kappa shape index (κ3) is 5.00. The number of benzene rings is 1. The molecule has 7 nitrogen and oxygen atoms in total. The zero-order valence-corrected chi connectivity index (χ0v) is 17.2. The standard InChI is InChI=1S/C18H26ClN3O4S/c1-14-11-21(12-15(2)26-14)18(23)13-20-7-9-22(10-8-20)27(24,25)17-5-3-16(19)4-6-17/h3-6,14-15H,7-13H2,1-2H3/t14-,15-/m0/s1. The summed E-state index contributed by atoms with van der Waals surface area (Å²) >= 11 is 5.84. The normalized spacial score (nSPS) is 25.5. The number of morpholine rings is 1. The third-order valence-electron chi connectivity index (χ3n) is 4.91. The first-order valence-corrected chi connectivity index (χ1v) is 11.0. The molecule has 0 aliphatic carbocycles. The van der Waals surface area contributed by atoms with Gasteiger partial charge in [0.25, 0.3) is 0 Å². The Balaban J connectivity index is 1.54. The van der Waals surface area contributed by atoms with Crippen molar-refractivity contribution in [2.24, 2.45) is 0 Å². The van der Waals surface area contributed by atoms with E-state index in [4.69, 9.17) is 16.3 Å². The number of sulfonamides is 1. The molecule has 27 heavy (non-hydrogen) atoms. The minimum Gasteiger partial charge on any atom is -0.372 e. The molecule has 9 heteroatoms. The lowest BCUT2D eigenvalue weighted by Gasteiger charge is -2.38. The van der Waals surface area contributed by atoms with Crippen LogP contribution >= 0.6 is 11.6 Å². The molecule has 1 amide bonds. The summed E-state index contributed by atoms with van der Waals surface area (Å²) in [5.41, 5.74) is 0. The summed E-state index contributed by atoms with van der Waals surface area (Å²) < 4.78 is 32.6. The average molecular weight is 416 g/mol. The van der Waals surface area contributed by atoms with Gasteiger partial charge < -0.3 is 9.64 Å². The molecule has 0 saturated carbocycles. The van der Waals surface area contributed by atoms with Gasteiger partial charge in [0.2, 0.25) is 15.9 Å². The highest BCUT2D eigenvalue weighted by atomic mass is 35.5. The van der Waals surface area contributed by atoms with E-state index in [9.17, 15) is 13.2 Å². The number of halogens is 1.